The number of pyridine rings is 1. The molecule has 0 aromatic carbocycles. The van der Waals surface area contributed by atoms with Crippen LogP contribution in [0, 0.1) is 6.92 Å². The predicted octanol–water partition coefficient (Wildman–Crippen LogP) is 1.56. The highest BCUT2D eigenvalue weighted by atomic mass is 16.5. The highest BCUT2D eigenvalue weighted by Gasteiger charge is 2.39. The van der Waals surface area contributed by atoms with Crippen LogP contribution in [0.3, 0.4) is 0 Å². The molecule has 2 bridgehead atoms. The molecule has 0 unspecified atom stereocenters. The number of carbonyl (C=O) groups is 1. The second kappa shape index (κ2) is 8.32. The second-order valence-electron chi connectivity index (χ2n) is 8.13. The smallest absolute Gasteiger partial charge is 0.358 e. The fourth-order valence-electron chi connectivity index (χ4n) is 4.42. The summed E-state index contributed by atoms with van der Waals surface area (Å²) >= 11 is 0. The van der Waals surface area contributed by atoms with E-state index in [1.807, 2.05) is 26.0 Å². The molecule has 0 aliphatic carbocycles. The fourth-order valence-corrected chi connectivity index (χ4v) is 4.42. The molecule has 168 valence electrons. The molecule has 0 spiro atoms. The van der Waals surface area contributed by atoms with E-state index in [1.54, 1.807) is 10.9 Å². The molecule has 11 heteroatoms. The summed E-state index contributed by atoms with van der Waals surface area (Å²) in [7, 11) is 0. The summed E-state index contributed by atoms with van der Waals surface area (Å²) < 4.78 is 7.08. The van der Waals surface area contributed by atoms with E-state index in [9.17, 15) is 9.90 Å². The van der Waals surface area contributed by atoms with Gasteiger partial charge in [0.25, 0.3) is 0 Å². The Hall–Kier alpha value is -3.31. The Bertz CT molecular complexity index is 1160. The Balaban J connectivity index is 1.64. The Labute approximate surface area is 184 Å². The number of fused-ring (bicyclic) bond motifs is 3. The van der Waals surface area contributed by atoms with E-state index < -0.39 is 5.97 Å². The van der Waals surface area contributed by atoms with Crippen LogP contribution in [0.25, 0.3) is 11.0 Å². The van der Waals surface area contributed by atoms with E-state index in [0.29, 0.717) is 60.5 Å². The van der Waals surface area contributed by atoms with Gasteiger partial charge in [0, 0.05) is 38.0 Å². The number of carboxylic acid groups (broad SMARTS) is 1. The van der Waals surface area contributed by atoms with Crippen LogP contribution < -0.4 is 15.5 Å². The second-order valence-corrected chi connectivity index (χ2v) is 8.13. The van der Waals surface area contributed by atoms with Crippen LogP contribution in [-0.2, 0) is 11.3 Å². The Kier molecular flexibility index (Phi) is 5.35. The first kappa shape index (κ1) is 20.6. The molecule has 5 heterocycles. The van der Waals surface area contributed by atoms with Crippen molar-refractivity contribution in [2.45, 2.75) is 38.9 Å². The van der Waals surface area contributed by atoms with Gasteiger partial charge in [-0.15, -0.1) is 0 Å². The number of nitrogens with one attached hydrogen (secondary N) is 2. The van der Waals surface area contributed by atoms with Gasteiger partial charge in [0.2, 0.25) is 5.95 Å². The molecule has 3 aromatic rings. The topological polar surface area (TPSA) is 130 Å². The van der Waals surface area contributed by atoms with Gasteiger partial charge in [0.05, 0.1) is 13.2 Å². The van der Waals surface area contributed by atoms with Crippen LogP contribution in [-0.4, -0.2) is 74.2 Å². The zero-order valence-corrected chi connectivity index (χ0v) is 18.1. The monoisotopic (exact) mass is 438 g/mol. The third kappa shape index (κ3) is 3.73. The maximum absolute atomic E-state index is 12.0. The van der Waals surface area contributed by atoms with Crippen molar-refractivity contribution in [1.82, 2.24) is 30.0 Å². The van der Waals surface area contributed by atoms with E-state index in [4.69, 9.17) is 9.72 Å². The van der Waals surface area contributed by atoms with E-state index in [-0.39, 0.29) is 5.69 Å². The number of nitrogens with zero attached hydrogens (tertiary/aromatic N) is 6. The minimum atomic E-state index is -1.13. The van der Waals surface area contributed by atoms with E-state index in [1.165, 1.54) is 0 Å². The first-order chi connectivity index (χ1) is 15.5. The highest BCUT2D eigenvalue weighted by molar-refractivity contribution is 6.03. The largest absolute Gasteiger partial charge is 0.476 e. The number of hydrogen-bond donors (Lipinski definition) is 3. The average Bonchev–Trinajstić information content (AvgIpc) is 3.48. The number of rotatable bonds is 8. The van der Waals surface area contributed by atoms with Crippen molar-refractivity contribution in [3.8, 4) is 0 Å². The van der Waals surface area contributed by atoms with Gasteiger partial charge in [0.15, 0.2) is 11.5 Å². The molecule has 3 aromatic heterocycles. The van der Waals surface area contributed by atoms with Crippen molar-refractivity contribution >= 4 is 34.6 Å². The van der Waals surface area contributed by atoms with Crippen LogP contribution in [0.15, 0.2) is 18.3 Å². The average molecular weight is 438 g/mol. The van der Waals surface area contributed by atoms with E-state index >= 15 is 0 Å². The summed E-state index contributed by atoms with van der Waals surface area (Å²) in [6.07, 6.45) is 2.75. The summed E-state index contributed by atoms with van der Waals surface area (Å²) in [5, 5.41) is 20.9. The fraction of sp³-hybridized carbons (Fsp3) is 0.476. The first-order valence-electron chi connectivity index (χ1n) is 10.8. The lowest BCUT2D eigenvalue weighted by Crippen LogP contribution is -2.44. The van der Waals surface area contributed by atoms with Crippen molar-refractivity contribution in [2.75, 3.05) is 36.5 Å². The Morgan fingerprint density at radius 1 is 1.41 bits per heavy atom. The van der Waals surface area contributed by atoms with Gasteiger partial charge >= 0.3 is 5.97 Å². The van der Waals surface area contributed by atoms with Crippen molar-refractivity contribution < 1.29 is 14.6 Å². The molecule has 2 aliphatic rings. The third-order valence-electron chi connectivity index (χ3n) is 5.90. The van der Waals surface area contributed by atoms with Crippen LogP contribution in [0.2, 0.25) is 0 Å². The number of aryl methyl sites for hydroxylation is 1. The lowest BCUT2D eigenvalue weighted by molar-refractivity contribution is 0.0690. The molecule has 2 fully saturated rings. The highest BCUT2D eigenvalue weighted by Crippen LogP contribution is 2.32. The number of carboxylic acids is 1. The summed E-state index contributed by atoms with van der Waals surface area (Å²) in [4.78, 5) is 28.1. The van der Waals surface area contributed by atoms with Crippen LogP contribution in [0.5, 0.6) is 0 Å². The lowest BCUT2D eigenvalue weighted by atomic mass is 10.2. The molecule has 11 nitrogen and oxygen atoms in total. The van der Waals surface area contributed by atoms with Gasteiger partial charge in [0.1, 0.15) is 16.9 Å². The quantitative estimate of drug-likeness (QED) is 0.445. The maximum Gasteiger partial charge on any atom is 0.358 e. The minimum Gasteiger partial charge on any atom is -0.476 e. The molecular formula is C21H26N8O3. The van der Waals surface area contributed by atoms with Crippen molar-refractivity contribution in [1.29, 1.82) is 0 Å². The lowest BCUT2D eigenvalue weighted by Gasteiger charge is -2.27. The molecule has 0 amide bonds. The number of anilines is 3. The molecule has 5 rings (SSSR count). The van der Waals surface area contributed by atoms with Gasteiger partial charge in [-0.3, -0.25) is 4.68 Å². The molecule has 2 saturated heterocycles. The predicted molar refractivity (Wildman–Crippen MR) is 119 cm³/mol. The number of piperazine rings is 1. The molecule has 0 saturated carbocycles. The first-order valence-corrected chi connectivity index (χ1v) is 10.8. The Morgan fingerprint density at radius 2 is 2.28 bits per heavy atom. The van der Waals surface area contributed by atoms with Gasteiger partial charge < -0.3 is 25.4 Å². The Morgan fingerprint density at radius 3 is 2.97 bits per heavy atom. The van der Waals surface area contributed by atoms with E-state index in [2.05, 4.69) is 30.6 Å². The zero-order chi connectivity index (χ0) is 22.2. The summed E-state index contributed by atoms with van der Waals surface area (Å²) in [6.45, 7) is 6.90. The maximum atomic E-state index is 12.0. The molecule has 2 aliphatic heterocycles. The minimum absolute atomic E-state index is 0.0946. The van der Waals surface area contributed by atoms with Crippen molar-refractivity contribution in [2.24, 2.45) is 0 Å². The number of hydrogen-bond acceptors (Lipinski definition) is 9. The van der Waals surface area contributed by atoms with Gasteiger partial charge in [-0.1, -0.05) is 0 Å². The normalized spacial score (nSPS) is 19.8. The number of aromatic nitrogens is 5. The van der Waals surface area contributed by atoms with E-state index in [0.717, 1.165) is 25.1 Å². The third-order valence-corrected chi connectivity index (χ3v) is 5.90. The van der Waals surface area contributed by atoms with Crippen molar-refractivity contribution in [3.05, 3.63) is 29.6 Å². The number of aromatic carboxylic acids is 1. The van der Waals surface area contributed by atoms with Gasteiger partial charge in [-0.25, -0.2) is 14.8 Å². The molecule has 2 atom stereocenters. The van der Waals surface area contributed by atoms with Gasteiger partial charge in [-0.2, -0.15) is 10.1 Å². The summed E-state index contributed by atoms with van der Waals surface area (Å²) in [6, 6.07) is 4.52. The molecule has 32 heavy (non-hydrogen) atoms. The summed E-state index contributed by atoms with van der Waals surface area (Å²) in [5.41, 5.74) is 1.79. The number of ether oxygens (including phenoxy) is 1. The zero-order valence-electron chi connectivity index (χ0n) is 18.1. The van der Waals surface area contributed by atoms with Crippen LogP contribution in [0.4, 0.5) is 17.6 Å². The standard InChI is InChI=1S/C21H26N8O3/c1-3-32-7-6-29-18-16(17(27-29)20(30)31)25-21(28-11-13-9-14(28)10-23-13)26-19(18)24-15-8-12(2)4-5-22-15/h4-5,8,13-14,23H,3,6-7,9-11H2,1-2H3,(H,30,31)(H,22,24,25,26)/t13-,14-/m0/s1. The van der Waals surface area contributed by atoms with Gasteiger partial charge in [-0.05, 0) is 38.0 Å². The molecule has 0 radical (unpaired) electrons. The van der Waals surface area contributed by atoms with Crippen LogP contribution in [0.1, 0.15) is 29.4 Å². The SMILES string of the molecule is CCOCCn1nc(C(=O)O)c2nc(N3C[C@@H]4C[C@H]3CN4)nc(Nc3cc(C)ccn3)c21. The van der Waals surface area contributed by atoms with Crippen molar-refractivity contribution in [3.63, 3.8) is 0 Å². The molecule has 3 N–H and O–H groups in total. The molecular weight excluding hydrogens is 412 g/mol. The summed E-state index contributed by atoms with van der Waals surface area (Å²) in [5.74, 6) is 0.484. The van der Waals surface area contributed by atoms with Crippen LogP contribution >= 0.6 is 0 Å².